The molecule has 1 aromatic rings. The molecule has 0 aromatic carbocycles. The van der Waals surface area contributed by atoms with E-state index in [0.29, 0.717) is 6.42 Å². The number of hydrogen-bond acceptors (Lipinski definition) is 3. The van der Waals surface area contributed by atoms with Crippen LogP contribution in [0.4, 0.5) is 5.69 Å². The second-order valence-electron chi connectivity index (χ2n) is 4.42. The highest BCUT2D eigenvalue weighted by atomic mass is 14.9. The number of rotatable bonds is 5. The van der Waals surface area contributed by atoms with Crippen molar-refractivity contribution >= 4 is 5.69 Å². The van der Waals surface area contributed by atoms with Crippen LogP contribution in [0, 0.1) is 16.7 Å². The summed E-state index contributed by atoms with van der Waals surface area (Å²) in [5, 5.41) is 11.9. The van der Waals surface area contributed by atoms with E-state index in [1.807, 2.05) is 12.1 Å². The molecule has 0 radical (unpaired) electrons. The molecule has 1 heterocycles. The third-order valence-corrected chi connectivity index (χ3v) is 2.35. The molecule has 0 amide bonds. The summed E-state index contributed by atoms with van der Waals surface area (Å²) in [5.41, 5.74) is 1.17. The highest BCUT2D eigenvalue weighted by molar-refractivity contribution is 5.39. The van der Waals surface area contributed by atoms with Crippen molar-refractivity contribution in [2.45, 2.75) is 26.7 Å². The average molecular weight is 203 g/mol. The van der Waals surface area contributed by atoms with Crippen LogP contribution in [0.15, 0.2) is 24.5 Å². The molecule has 1 aromatic heterocycles. The molecule has 0 aliphatic carbocycles. The second kappa shape index (κ2) is 5.35. The highest BCUT2D eigenvalue weighted by Gasteiger charge is 2.16. The molecule has 0 fully saturated rings. The molecular weight excluding hydrogens is 186 g/mol. The van der Waals surface area contributed by atoms with Crippen molar-refractivity contribution in [3.8, 4) is 6.07 Å². The highest BCUT2D eigenvalue weighted by Crippen LogP contribution is 2.22. The van der Waals surface area contributed by atoms with E-state index in [1.54, 1.807) is 12.4 Å². The molecule has 0 atom stereocenters. The second-order valence-corrected chi connectivity index (χ2v) is 4.42. The van der Waals surface area contributed by atoms with Crippen LogP contribution >= 0.6 is 0 Å². The van der Waals surface area contributed by atoms with Gasteiger partial charge in [0.05, 0.1) is 11.8 Å². The lowest BCUT2D eigenvalue weighted by Gasteiger charge is -2.24. The van der Waals surface area contributed by atoms with Crippen LogP contribution in [-0.4, -0.2) is 11.5 Å². The summed E-state index contributed by atoms with van der Waals surface area (Å²) in [5.74, 6) is 0. The summed E-state index contributed by atoms with van der Waals surface area (Å²) in [6.45, 7) is 5.18. The standard InChI is InChI=1S/C12H17N3/c1-12(2,6-4-7-13)10-15-11-5-3-8-14-9-11/h3,5,8-9,15H,4,6,10H2,1-2H3. The molecule has 1 N–H and O–H groups in total. The maximum atomic E-state index is 8.53. The number of aromatic nitrogens is 1. The first-order valence-corrected chi connectivity index (χ1v) is 5.15. The van der Waals surface area contributed by atoms with Crippen molar-refractivity contribution in [3.05, 3.63) is 24.5 Å². The van der Waals surface area contributed by atoms with E-state index >= 15 is 0 Å². The third kappa shape index (κ3) is 4.46. The van der Waals surface area contributed by atoms with Crippen LogP contribution in [0.3, 0.4) is 0 Å². The number of hydrogen-bond donors (Lipinski definition) is 1. The van der Waals surface area contributed by atoms with E-state index < -0.39 is 0 Å². The minimum absolute atomic E-state index is 0.144. The van der Waals surface area contributed by atoms with Gasteiger partial charge in [-0.3, -0.25) is 4.98 Å². The summed E-state index contributed by atoms with van der Waals surface area (Å²) in [6.07, 6.45) is 5.09. The van der Waals surface area contributed by atoms with Gasteiger partial charge in [-0.1, -0.05) is 13.8 Å². The van der Waals surface area contributed by atoms with Crippen molar-refractivity contribution in [2.24, 2.45) is 5.41 Å². The minimum Gasteiger partial charge on any atom is -0.383 e. The molecule has 0 saturated carbocycles. The molecule has 0 bridgehead atoms. The topological polar surface area (TPSA) is 48.7 Å². The smallest absolute Gasteiger partial charge is 0.0621 e. The number of anilines is 1. The fourth-order valence-electron chi connectivity index (χ4n) is 1.29. The van der Waals surface area contributed by atoms with E-state index in [-0.39, 0.29) is 5.41 Å². The Balaban J connectivity index is 2.40. The van der Waals surface area contributed by atoms with E-state index in [0.717, 1.165) is 18.7 Å². The van der Waals surface area contributed by atoms with E-state index in [1.165, 1.54) is 0 Å². The van der Waals surface area contributed by atoms with Gasteiger partial charge in [-0.25, -0.2) is 0 Å². The lowest BCUT2D eigenvalue weighted by molar-refractivity contribution is 0.364. The largest absolute Gasteiger partial charge is 0.383 e. The average Bonchev–Trinajstić information content (AvgIpc) is 2.25. The summed E-state index contributed by atoms with van der Waals surface area (Å²) in [4.78, 5) is 4.03. The van der Waals surface area contributed by atoms with Gasteiger partial charge >= 0.3 is 0 Å². The van der Waals surface area contributed by atoms with E-state index in [2.05, 4.69) is 30.2 Å². The Labute approximate surface area is 91.1 Å². The predicted molar refractivity (Wildman–Crippen MR) is 61.4 cm³/mol. The first-order chi connectivity index (χ1) is 7.14. The number of nitrogens with one attached hydrogen (secondary N) is 1. The molecular formula is C12H17N3. The van der Waals surface area contributed by atoms with Crippen LogP contribution in [0.1, 0.15) is 26.7 Å². The van der Waals surface area contributed by atoms with Gasteiger partial charge in [0.2, 0.25) is 0 Å². The van der Waals surface area contributed by atoms with Crippen molar-refractivity contribution < 1.29 is 0 Å². The Morgan fingerprint density at radius 3 is 2.93 bits per heavy atom. The molecule has 3 heteroatoms. The zero-order valence-electron chi connectivity index (χ0n) is 9.33. The number of pyridine rings is 1. The van der Waals surface area contributed by atoms with Gasteiger partial charge < -0.3 is 5.32 Å². The minimum atomic E-state index is 0.144. The maximum Gasteiger partial charge on any atom is 0.0621 e. The Bertz CT molecular complexity index is 324. The van der Waals surface area contributed by atoms with Crippen LogP contribution in [-0.2, 0) is 0 Å². The van der Waals surface area contributed by atoms with Crippen molar-refractivity contribution in [1.29, 1.82) is 5.26 Å². The van der Waals surface area contributed by atoms with Crippen molar-refractivity contribution in [2.75, 3.05) is 11.9 Å². The monoisotopic (exact) mass is 203 g/mol. The van der Waals surface area contributed by atoms with E-state index in [4.69, 9.17) is 5.26 Å². The van der Waals surface area contributed by atoms with Gasteiger partial charge in [0, 0.05) is 25.4 Å². The zero-order valence-corrected chi connectivity index (χ0v) is 9.33. The fraction of sp³-hybridized carbons (Fsp3) is 0.500. The molecule has 0 unspecified atom stereocenters. The number of nitrogens with zero attached hydrogens (tertiary/aromatic N) is 2. The summed E-state index contributed by atoms with van der Waals surface area (Å²) in [7, 11) is 0. The maximum absolute atomic E-state index is 8.53. The van der Waals surface area contributed by atoms with Gasteiger partial charge in [-0.15, -0.1) is 0 Å². The summed E-state index contributed by atoms with van der Waals surface area (Å²) >= 11 is 0. The molecule has 0 aliphatic rings. The van der Waals surface area contributed by atoms with Crippen LogP contribution < -0.4 is 5.32 Å². The van der Waals surface area contributed by atoms with Crippen molar-refractivity contribution in [3.63, 3.8) is 0 Å². The lowest BCUT2D eigenvalue weighted by atomic mass is 9.88. The zero-order chi connectivity index (χ0) is 11.1. The first kappa shape index (κ1) is 11.5. The van der Waals surface area contributed by atoms with Crippen LogP contribution in [0.25, 0.3) is 0 Å². The molecule has 0 spiro atoms. The van der Waals surface area contributed by atoms with Gasteiger partial charge in [-0.2, -0.15) is 5.26 Å². The fourth-order valence-corrected chi connectivity index (χ4v) is 1.29. The molecule has 1 rings (SSSR count). The Kier molecular flexibility index (Phi) is 4.11. The molecule has 0 saturated heterocycles. The number of nitriles is 1. The van der Waals surface area contributed by atoms with Crippen LogP contribution in [0.2, 0.25) is 0 Å². The predicted octanol–water partition coefficient (Wildman–Crippen LogP) is 2.82. The van der Waals surface area contributed by atoms with Crippen molar-refractivity contribution in [1.82, 2.24) is 4.98 Å². The van der Waals surface area contributed by atoms with Gasteiger partial charge in [0.15, 0.2) is 0 Å². The van der Waals surface area contributed by atoms with Crippen LogP contribution in [0.5, 0.6) is 0 Å². The summed E-state index contributed by atoms with van der Waals surface area (Å²) in [6, 6.07) is 6.08. The SMILES string of the molecule is CC(C)(CCC#N)CNc1cccnc1. The Morgan fingerprint density at radius 2 is 2.33 bits per heavy atom. The Hall–Kier alpha value is -1.56. The van der Waals surface area contributed by atoms with Gasteiger partial charge in [-0.05, 0) is 24.0 Å². The lowest BCUT2D eigenvalue weighted by Crippen LogP contribution is -2.22. The molecule has 80 valence electrons. The molecule has 15 heavy (non-hydrogen) atoms. The third-order valence-electron chi connectivity index (χ3n) is 2.35. The van der Waals surface area contributed by atoms with E-state index in [9.17, 15) is 0 Å². The summed E-state index contributed by atoms with van der Waals surface area (Å²) < 4.78 is 0. The Morgan fingerprint density at radius 1 is 1.53 bits per heavy atom. The van der Waals surface area contributed by atoms with Gasteiger partial charge in [0.25, 0.3) is 0 Å². The molecule has 3 nitrogen and oxygen atoms in total. The quantitative estimate of drug-likeness (QED) is 0.800. The first-order valence-electron chi connectivity index (χ1n) is 5.15. The normalized spacial score (nSPS) is 10.7. The van der Waals surface area contributed by atoms with Gasteiger partial charge in [0.1, 0.15) is 0 Å². The molecule has 0 aliphatic heterocycles.